The van der Waals surface area contributed by atoms with Gasteiger partial charge in [0, 0.05) is 30.8 Å². The molecule has 0 saturated carbocycles. The third-order valence-corrected chi connectivity index (χ3v) is 5.97. The highest BCUT2D eigenvalue weighted by Gasteiger charge is 2.22. The van der Waals surface area contributed by atoms with Gasteiger partial charge >= 0.3 is 5.97 Å². The van der Waals surface area contributed by atoms with Crippen LogP contribution in [0.5, 0.6) is 0 Å². The van der Waals surface area contributed by atoms with Gasteiger partial charge in [-0.3, -0.25) is 9.59 Å². The summed E-state index contributed by atoms with van der Waals surface area (Å²) < 4.78 is 7.78. The van der Waals surface area contributed by atoms with Gasteiger partial charge in [-0.05, 0) is 19.3 Å². The van der Waals surface area contributed by atoms with Gasteiger partial charge in [0.2, 0.25) is 11.8 Å². The van der Waals surface area contributed by atoms with Crippen LogP contribution in [0.4, 0.5) is 0 Å². The second-order valence-corrected chi connectivity index (χ2v) is 8.76. The predicted octanol–water partition coefficient (Wildman–Crippen LogP) is 0.933. The number of esters is 1. The van der Waals surface area contributed by atoms with E-state index in [0.29, 0.717) is 25.8 Å². The van der Waals surface area contributed by atoms with Crippen molar-refractivity contribution in [3.8, 4) is 0 Å². The molecule has 2 heterocycles. The summed E-state index contributed by atoms with van der Waals surface area (Å²) in [4.78, 5) is 36.9. The molecule has 0 spiro atoms. The van der Waals surface area contributed by atoms with Gasteiger partial charge in [0.1, 0.15) is 19.1 Å². The zero-order valence-electron chi connectivity index (χ0n) is 20.6. The summed E-state index contributed by atoms with van der Waals surface area (Å²) in [6, 6.07) is -0.788. The minimum atomic E-state index is -0.788. The van der Waals surface area contributed by atoms with Gasteiger partial charge in [-0.1, -0.05) is 59.0 Å². The maximum absolute atomic E-state index is 12.5. The minimum Gasteiger partial charge on any atom is -0.467 e. The molecule has 0 radical (unpaired) electrons. The molecule has 2 amide bonds. The summed E-state index contributed by atoms with van der Waals surface area (Å²) in [7, 11) is 1.28. The Balaban J connectivity index is 1.15. The zero-order chi connectivity index (χ0) is 26.0. The van der Waals surface area contributed by atoms with Crippen molar-refractivity contribution < 1.29 is 19.1 Å². The molecule has 2 N–H and O–H groups in total. The summed E-state index contributed by atoms with van der Waals surface area (Å²) in [6.07, 6.45) is 20.8. The zero-order valence-corrected chi connectivity index (χ0v) is 20.6. The fourth-order valence-corrected chi connectivity index (χ4v) is 4.03. The average Bonchev–Trinajstić information content (AvgIpc) is 3.69. The van der Waals surface area contributed by atoms with Crippen LogP contribution in [0.3, 0.4) is 0 Å². The number of carbonyl (C=O) groups excluding carboxylic acids is 3. The first-order chi connectivity index (χ1) is 18.0. The van der Waals surface area contributed by atoms with Gasteiger partial charge < -0.3 is 15.4 Å². The number of hydrogen-bond acceptors (Lipinski definition) is 8. The van der Waals surface area contributed by atoms with Crippen molar-refractivity contribution in [2.75, 3.05) is 13.7 Å². The second kappa shape index (κ2) is 12.6. The fourth-order valence-electron chi connectivity index (χ4n) is 4.03. The van der Waals surface area contributed by atoms with Crippen molar-refractivity contribution in [1.29, 1.82) is 0 Å². The average molecular weight is 507 g/mol. The number of aromatic nitrogens is 6. The van der Waals surface area contributed by atoms with Crippen LogP contribution in [0, 0.1) is 0 Å². The first kappa shape index (κ1) is 25.7. The molecule has 12 nitrogen and oxygen atoms in total. The van der Waals surface area contributed by atoms with E-state index in [0.717, 1.165) is 11.4 Å². The number of carbonyl (C=O) groups is 3. The SMILES string of the molecule is COC(=O)[C@H](CCCCNC(=O)Cn1cc(C2C=CC=C2)nn1)NC(=O)Cn1cc(C2C=CC=C2)nn1. The van der Waals surface area contributed by atoms with Crippen LogP contribution in [-0.4, -0.2) is 67.5 Å². The number of rotatable bonds is 13. The van der Waals surface area contributed by atoms with E-state index in [1.807, 2.05) is 48.6 Å². The largest absolute Gasteiger partial charge is 0.467 e. The number of methoxy groups -OCH3 is 1. The lowest BCUT2D eigenvalue weighted by molar-refractivity contribution is -0.145. The van der Waals surface area contributed by atoms with E-state index in [9.17, 15) is 14.4 Å². The molecule has 0 unspecified atom stereocenters. The molecule has 12 heteroatoms. The van der Waals surface area contributed by atoms with Gasteiger partial charge in [-0.2, -0.15) is 0 Å². The molecular weight excluding hydrogens is 476 g/mol. The molecule has 1 atom stereocenters. The lowest BCUT2D eigenvalue weighted by Crippen LogP contribution is -2.43. The number of nitrogens with zero attached hydrogens (tertiary/aromatic N) is 6. The Kier molecular flexibility index (Phi) is 8.74. The minimum absolute atomic E-state index is 0.0561. The summed E-state index contributed by atoms with van der Waals surface area (Å²) in [5.41, 5.74) is 1.54. The summed E-state index contributed by atoms with van der Waals surface area (Å²) in [5, 5.41) is 21.8. The van der Waals surface area contributed by atoms with Crippen LogP contribution < -0.4 is 10.6 Å². The van der Waals surface area contributed by atoms with E-state index in [1.165, 1.54) is 16.5 Å². The van der Waals surface area contributed by atoms with E-state index in [4.69, 9.17) is 4.74 Å². The Labute approximate surface area is 214 Å². The van der Waals surface area contributed by atoms with E-state index in [2.05, 4.69) is 31.3 Å². The Bertz CT molecular complexity index is 1200. The molecule has 2 aliphatic rings. The molecule has 37 heavy (non-hydrogen) atoms. The number of allylic oxidation sites excluding steroid dienone is 8. The highest BCUT2D eigenvalue weighted by Crippen LogP contribution is 2.21. The maximum Gasteiger partial charge on any atom is 0.328 e. The van der Waals surface area contributed by atoms with E-state index in [-0.39, 0.29) is 36.7 Å². The van der Waals surface area contributed by atoms with Crippen molar-refractivity contribution in [3.63, 3.8) is 0 Å². The Hall–Kier alpha value is -4.35. The molecule has 194 valence electrons. The fraction of sp³-hybridized carbons (Fsp3) is 0.400. The standard InChI is InChI=1S/C25H30N8O4/c1-37-25(36)20(27-24(35)17-33-15-22(29-31-33)19-10-4-5-11-19)12-6-7-13-26-23(34)16-32-14-21(28-30-32)18-8-2-3-9-18/h2-5,8-11,14-15,18-20H,6-7,12-13,16-17H2,1H3,(H,26,34)(H,27,35)/t20-/m0/s1. The second-order valence-electron chi connectivity index (χ2n) is 8.76. The van der Waals surface area contributed by atoms with Crippen molar-refractivity contribution in [3.05, 3.63) is 72.4 Å². The quantitative estimate of drug-likeness (QED) is 0.301. The van der Waals surface area contributed by atoms with Crippen molar-refractivity contribution in [2.45, 2.75) is 50.2 Å². The molecular formula is C25H30N8O4. The van der Waals surface area contributed by atoms with Gasteiger partial charge in [0.05, 0.1) is 18.5 Å². The third kappa shape index (κ3) is 7.32. The monoisotopic (exact) mass is 506 g/mol. The first-order valence-corrected chi connectivity index (χ1v) is 12.2. The summed E-state index contributed by atoms with van der Waals surface area (Å²) in [5.74, 6) is -0.913. The normalized spacial score (nSPS) is 15.4. The van der Waals surface area contributed by atoms with Crippen LogP contribution in [0.1, 0.15) is 42.5 Å². The van der Waals surface area contributed by atoms with Crippen LogP contribution in [0.2, 0.25) is 0 Å². The highest BCUT2D eigenvalue weighted by molar-refractivity contribution is 5.84. The Morgan fingerprint density at radius 3 is 1.95 bits per heavy atom. The molecule has 2 aliphatic carbocycles. The molecule has 0 aliphatic heterocycles. The molecule has 0 bridgehead atoms. The van der Waals surface area contributed by atoms with E-state index < -0.39 is 12.0 Å². The van der Waals surface area contributed by atoms with E-state index >= 15 is 0 Å². The van der Waals surface area contributed by atoms with Gasteiger partial charge in [-0.25, -0.2) is 14.2 Å². The number of ether oxygens (including phenoxy) is 1. The summed E-state index contributed by atoms with van der Waals surface area (Å²) in [6.45, 7) is 0.446. The van der Waals surface area contributed by atoms with Crippen LogP contribution in [-0.2, 0) is 32.2 Å². The molecule has 0 aromatic carbocycles. The van der Waals surface area contributed by atoms with Gasteiger partial charge in [0.25, 0.3) is 0 Å². The summed E-state index contributed by atoms with van der Waals surface area (Å²) >= 11 is 0. The Morgan fingerprint density at radius 2 is 1.41 bits per heavy atom. The number of nitrogens with one attached hydrogen (secondary N) is 2. The van der Waals surface area contributed by atoms with Crippen molar-refractivity contribution in [2.24, 2.45) is 0 Å². The van der Waals surface area contributed by atoms with Gasteiger partial charge in [0.15, 0.2) is 0 Å². The lowest BCUT2D eigenvalue weighted by atomic mass is 10.1. The van der Waals surface area contributed by atoms with Crippen molar-refractivity contribution in [1.82, 2.24) is 40.6 Å². The Morgan fingerprint density at radius 1 is 0.865 bits per heavy atom. The number of amides is 2. The third-order valence-electron chi connectivity index (χ3n) is 5.97. The topological polar surface area (TPSA) is 146 Å². The molecule has 2 aromatic heterocycles. The van der Waals surface area contributed by atoms with Gasteiger partial charge in [-0.15, -0.1) is 10.2 Å². The van der Waals surface area contributed by atoms with Crippen LogP contribution >= 0.6 is 0 Å². The van der Waals surface area contributed by atoms with Crippen molar-refractivity contribution >= 4 is 17.8 Å². The molecule has 2 aromatic rings. The lowest BCUT2D eigenvalue weighted by Gasteiger charge is -2.16. The maximum atomic E-state index is 12.5. The number of hydrogen-bond donors (Lipinski definition) is 2. The predicted molar refractivity (Wildman–Crippen MR) is 133 cm³/mol. The highest BCUT2D eigenvalue weighted by atomic mass is 16.5. The molecule has 4 rings (SSSR count). The molecule has 0 fully saturated rings. The molecule has 0 saturated heterocycles. The first-order valence-electron chi connectivity index (χ1n) is 12.2. The van der Waals surface area contributed by atoms with Crippen LogP contribution in [0.25, 0.3) is 0 Å². The van der Waals surface area contributed by atoms with Crippen LogP contribution in [0.15, 0.2) is 61.0 Å². The smallest absolute Gasteiger partial charge is 0.328 e. The van der Waals surface area contributed by atoms with E-state index in [1.54, 1.807) is 12.4 Å². The number of unbranched alkanes of at least 4 members (excludes halogenated alkanes) is 1.